The monoisotopic (exact) mass is 416 g/mol. The van der Waals surface area contributed by atoms with Crippen LogP contribution in [0.1, 0.15) is 55.3 Å². The van der Waals surface area contributed by atoms with E-state index in [1.165, 1.54) is 13.5 Å². The first-order chi connectivity index (χ1) is 14.5. The van der Waals surface area contributed by atoms with Crippen LogP contribution in [0, 0.1) is 0 Å². The van der Waals surface area contributed by atoms with Crippen LogP contribution in [0.2, 0.25) is 0 Å². The Morgan fingerprint density at radius 1 is 1.07 bits per heavy atom. The molecule has 0 N–H and O–H groups in total. The summed E-state index contributed by atoms with van der Waals surface area (Å²) in [6.07, 6.45) is 6.15. The van der Waals surface area contributed by atoms with Gasteiger partial charge < -0.3 is 24.0 Å². The lowest BCUT2D eigenvalue weighted by molar-refractivity contribution is 0.0259. The number of hydrogen-bond acceptors (Lipinski definition) is 6. The second kappa shape index (κ2) is 8.53. The lowest BCUT2D eigenvalue weighted by Crippen LogP contribution is -2.48. The summed E-state index contributed by atoms with van der Waals surface area (Å²) in [7, 11) is 1.32. The third-order valence-corrected chi connectivity index (χ3v) is 6.41. The predicted molar refractivity (Wildman–Crippen MR) is 107 cm³/mol. The van der Waals surface area contributed by atoms with E-state index in [2.05, 4.69) is 4.74 Å². The number of esters is 1. The van der Waals surface area contributed by atoms with Gasteiger partial charge in [0, 0.05) is 19.1 Å². The Bertz CT molecular complexity index is 794. The molecule has 1 spiro atoms. The van der Waals surface area contributed by atoms with Crippen LogP contribution in [0.15, 0.2) is 24.3 Å². The van der Waals surface area contributed by atoms with Gasteiger partial charge in [0.15, 0.2) is 0 Å². The van der Waals surface area contributed by atoms with Crippen LogP contribution in [0.5, 0.6) is 5.75 Å². The molecule has 3 fully saturated rings. The normalized spacial score (nSPS) is 21.4. The summed E-state index contributed by atoms with van der Waals surface area (Å²) in [5.41, 5.74) is 0.105. The molecule has 8 heteroatoms. The molecule has 2 amide bonds. The van der Waals surface area contributed by atoms with E-state index in [1.54, 1.807) is 29.2 Å². The largest absolute Gasteiger partial charge is 0.465 e. The summed E-state index contributed by atoms with van der Waals surface area (Å²) in [6.45, 7) is 1.73. The molecule has 0 unspecified atom stereocenters. The fourth-order valence-electron chi connectivity index (χ4n) is 4.69. The average Bonchev–Trinajstić information content (AvgIpc) is 3.09. The predicted octanol–water partition coefficient (Wildman–Crippen LogP) is 3.59. The van der Waals surface area contributed by atoms with E-state index in [-0.39, 0.29) is 17.7 Å². The molecule has 162 valence electrons. The number of amides is 2. The number of ether oxygens (including phenoxy) is 3. The fourth-order valence-corrected chi connectivity index (χ4v) is 4.69. The summed E-state index contributed by atoms with van der Waals surface area (Å²) in [6, 6.07) is 6.35. The van der Waals surface area contributed by atoms with Crippen molar-refractivity contribution in [2.75, 3.05) is 26.7 Å². The van der Waals surface area contributed by atoms with Crippen LogP contribution in [-0.2, 0) is 9.47 Å². The molecule has 1 aliphatic carbocycles. The number of likely N-dealkylation sites (tertiary alicyclic amines) is 1. The lowest BCUT2D eigenvalue weighted by atomic mass is 9.84. The maximum atomic E-state index is 12.5. The number of carbonyl (C=O) groups excluding carboxylic acids is 3. The van der Waals surface area contributed by atoms with E-state index in [9.17, 15) is 14.4 Å². The second-order valence-corrected chi connectivity index (χ2v) is 8.34. The zero-order valence-electron chi connectivity index (χ0n) is 17.3. The molecule has 1 aromatic rings. The van der Waals surface area contributed by atoms with Gasteiger partial charge in [0.1, 0.15) is 11.4 Å². The molecule has 1 saturated carbocycles. The first kappa shape index (κ1) is 20.5. The number of carbonyl (C=O) groups is 3. The molecule has 0 aromatic heterocycles. The summed E-state index contributed by atoms with van der Waals surface area (Å²) < 4.78 is 15.9. The topological polar surface area (TPSA) is 85.4 Å². The molecule has 0 radical (unpaired) electrons. The Balaban J connectivity index is 1.28. The first-order valence-electron chi connectivity index (χ1n) is 10.6. The van der Waals surface area contributed by atoms with E-state index in [0.29, 0.717) is 43.8 Å². The maximum Gasteiger partial charge on any atom is 0.415 e. The van der Waals surface area contributed by atoms with Gasteiger partial charge in [-0.2, -0.15) is 0 Å². The quantitative estimate of drug-likeness (QED) is 0.700. The van der Waals surface area contributed by atoms with Crippen molar-refractivity contribution in [3.63, 3.8) is 0 Å². The standard InChI is InChI=1S/C22H28N2O6/c1-28-19(25)16-5-7-18(8-6-16)29-20(26)23-13-9-17(10-14-23)24-15-22(30-21(24)27)11-3-2-4-12-22/h5-8,17H,2-4,9-15H2,1H3. The van der Waals surface area contributed by atoms with Gasteiger partial charge >= 0.3 is 18.2 Å². The molecular formula is C22H28N2O6. The highest BCUT2D eigenvalue weighted by Gasteiger charge is 2.48. The van der Waals surface area contributed by atoms with Crippen molar-refractivity contribution >= 4 is 18.2 Å². The number of rotatable bonds is 3. The van der Waals surface area contributed by atoms with Crippen molar-refractivity contribution in [1.82, 2.24) is 9.80 Å². The van der Waals surface area contributed by atoms with Crippen molar-refractivity contribution in [1.29, 1.82) is 0 Å². The SMILES string of the molecule is COC(=O)c1ccc(OC(=O)N2CCC(N3CC4(CCCCC4)OC3=O)CC2)cc1. The van der Waals surface area contributed by atoms with E-state index >= 15 is 0 Å². The van der Waals surface area contributed by atoms with E-state index in [0.717, 1.165) is 25.7 Å². The number of methoxy groups -OCH3 is 1. The molecule has 30 heavy (non-hydrogen) atoms. The van der Waals surface area contributed by atoms with Crippen molar-refractivity contribution in [3.8, 4) is 5.75 Å². The minimum Gasteiger partial charge on any atom is -0.465 e. The Morgan fingerprint density at radius 3 is 2.37 bits per heavy atom. The Labute approximate surface area is 176 Å². The highest BCUT2D eigenvalue weighted by Crippen LogP contribution is 2.38. The Kier molecular flexibility index (Phi) is 5.83. The molecule has 3 aliphatic rings. The maximum absolute atomic E-state index is 12.5. The molecule has 4 rings (SSSR count). The second-order valence-electron chi connectivity index (χ2n) is 8.34. The van der Waals surface area contributed by atoms with Crippen molar-refractivity contribution in [2.45, 2.75) is 56.6 Å². The number of benzene rings is 1. The third kappa shape index (κ3) is 4.22. The van der Waals surface area contributed by atoms with E-state index in [4.69, 9.17) is 9.47 Å². The smallest absolute Gasteiger partial charge is 0.415 e. The van der Waals surface area contributed by atoms with Crippen LogP contribution in [0.4, 0.5) is 9.59 Å². The number of hydrogen-bond donors (Lipinski definition) is 0. The van der Waals surface area contributed by atoms with Gasteiger partial charge in [-0.25, -0.2) is 14.4 Å². The van der Waals surface area contributed by atoms with Crippen molar-refractivity contribution in [2.24, 2.45) is 0 Å². The third-order valence-electron chi connectivity index (χ3n) is 6.41. The van der Waals surface area contributed by atoms with Gasteiger partial charge in [0.25, 0.3) is 0 Å². The van der Waals surface area contributed by atoms with Crippen LogP contribution in [0.3, 0.4) is 0 Å². The highest BCUT2D eigenvalue weighted by atomic mass is 16.6. The van der Waals surface area contributed by atoms with Crippen LogP contribution in [-0.4, -0.2) is 66.3 Å². The van der Waals surface area contributed by atoms with E-state index < -0.39 is 12.1 Å². The number of nitrogens with zero attached hydrogens (tertiary/aromatic N) is 2. The van der Waals surface area contributed by atoms with Crippen LogP contribution < -0.4 is 4.74 Å². The zero-order chi connectivity index (χ0) is 21.1. The first-order valence-corrected chi connectivity index (χ1v) is 10.6. The van der Waals surface area contributed by atoms with Crippen LogP contribution in [0.25, 0.3) is 0 Å². The van der Waals surface area contributed by atoms with Gasteiger partial charge in [0.05, 0.1) is 19.2 Å². The van der Waals surface area contributed by atoms with Gasteiger partial charge in [-0.3, -0.25) is 0 Å². The summed E-state index contributed by atoms with van der Waals surface area (Å²) in [5, 5.41) is 0. The molecule has 1 aromatic carbocycles. The fraction of sp³-hybridized carbons (Fsp3) is 0.591. The Morgan fingerprint density at radius 2 is 1.73 bits per heavy atom. The van der Waals surface area contributed by atoms with Crippen molar-refractivity contribution in [3.05, 3.63) is 29.8 Å². The molecule has 2 aliphatic heterocycles. The zero-order valence-corrected chi connectivity index (χ0v) is 17.3. The minimum absolute atomic E-state index is 0.0993. The molecule has 2 heterocycles. The molecule has 2 saturated heterocycles. The van der Waals surface area contributed by atoms with Gasteiger partial charge in [-0.15, -0.1) is 0 Å². The summed E-state index contributed by atoms with van der Waals surface area (Å²) >= 11 is 0. The molecule has 0 atom stereocenters. The minimum atomic E-state index is -0.439. The molecule has 8 nitrogen and oxygen atoms in total. The van der Waals surface area contributed by atoms with Crippen molar-refractivity contribution < 1.29 is 28.6 Å². The number of piperidine rings is 1. The summed E-state index contributed by atoms with van der Waals surface area (Å²) in [4.78, 5) is 40.0. The van der Waals surface area contributed by atoms with Gasteiger partial charge in [-0.05, 0) is 62.8 Å². The average molecular weight is 416 g/mol. The van der Waals surface area contributed by atoms with Gasteiger partial charge in [-0.1, -0.05) is 6.42 Å². The highest BCUT2D eigenvalue weighted by molar-refractivity contribution is 5.89. The summed E-state index contributed by atoms with van der Waals surface area (Å²) in [5.74, 6) is -0.0671. The molecule has 0 bridgehead atoms. The van der Waals surface area contributed by atoms with E-state index in [1.807, 2.05) is 4.90 Å². The van der Waals surface area contributed by atoms with Crippen LogP contribution >= 0.6 is 0 Å². The molecular weight excluding hydrogens is 388 g/mol. The Hall–Kier alpha value is -2.77. The van der Waals surface area contributed by atoms with Gasteiger partial charge in [0.2, 0.25) is 0 Å². The lowest BCUT2D eigenvalue weighted by Gasteiger charge is -2.36.